The number of amides is 1. The maximum atomic E-state index is 12.2. The number of nitrogens with zero attached hydrogens (tertiary/aromatic N) is 1. The number of nitrogens with two attached hydrogens (primary N) is 1. The minimum atomic E-state index is -3.70. The molecular weight excluding hydrogens is 366 g/mol. The van der Waals surface area contributed by atoms with Gasteiger partial charge in [0.1, 0.15) is 0 Å². The maximum absolute atomic E-state index is 12.2. The molecule has 3 N–H and O–H groups in total. The minimum Gasteiger partial charge on any atom is -0.356 e. The van der Waals surface area contributed by atoms with Crippen LogP contribution in [0.25, 0.3) is 0 Å². The normalized spacial score (nSPS) is 17.4. The van der Waals surface area contributed by atoms with Gasteiger partial charge < -0.3 is 5.32 Å². The van der Waals surface area contributed by atoms with Crippen molar-refractivity contribution >= 4 is 26.0 Å². The van der Waals surface area contributed by atoms with Crippen LogP contribution >= 0.6 is 0 Å². The molecule has 0 bridgehead atoms. The molecule has 0 spiro atoms. The van der Waals surface area contributed by atoms with E-state index in [4.69, 9.17) is 5.14 Å². The van der Waals surface area contributed by atoms with Gasteiger partial charge in [-0.3, -0.25) is 4.79 Å². The van der Waals surface area contributed by atoms with Gasteiger partial charge in [0.15, 0.2) is 0 Å². The SMILES string of the molecule is CS(=O)(=O)N1CCC(C(=O)NCCc2ccc(S(N)(=O)=O)cc2)CC1. The van der Waals surface area contributed by atoms with E-state index in [0.717, 1.165) is 5.56 Å². The van der Waals surface area contributed by atoms with Crippen LogP contribution in [-0.4, -0.2) is 52.9 Å². The largest absolute Gasteiger partial charge is 0.356 e. The van der Waals surface area contributed by atoms with E-state index in [1.54, 1.807) is 12.1 Å². The van der Waals surface area contributed by atoms with Gasteiger partial charge in [-0.15, -0.1) is 0 Å². The van der Waals surface area contributed by atoms with Gasteiger partial charge in [-0.25, -0.2) is 26.3 Å². The molecule has 1 aliphatic heterocycles. The highest BCUT2D eigenvalue weighted by Crippen LogP contribution is 2.19. The number of sulfonamides is 2. The van der Waals surface area contributed by atoms with Crippen molar-refractivity contribution in [1.82, 2.24) is 9.62 Å². The fourth-order valence-electron chi connectivity index (χ4n) is 2.77. The molecule has 0 aliphatic carbocycles. The van der Waals surface area contributed by atoms with Crippen LogP contribution in [0.2, 0.25) is 0 Å². The Hall–Kier alpha value is -1.49. The summed E-state index contributed by atoms with van der Waals surface area (Å²) in [6.07, 6.45) is 2.78. The molecule has 0 atom stereocenters. The summed E-state index contributed by atoms with van der Waals surface area (Å²) in [5, 5.41) is 7.89. The second kappa shape index (κ2) is 7.81. The highest BCUT2D eigenvalue weighted by Gasteiger charge is 2.28. The molecule has 1 aromatic rings. The number of benzene rings is 1. The first-order chi connectivity index (χ1) is 11.6. The van der Waals surface area contributed by atoms with Crippen molar-refractivity contribution in [3.05, 3.63) is 29.8 Å². The van der Waals surface area contributed by atoms with Crippen molar-refractivity contribution in [2.24, 2.45) is 11.1 Å². The van der Waals surface area contributed by atoms with Gasteiger partial charge in [-0.1, -0.05) is 12.1 Å². The maximum Gasteiger partial charge on any atom is 0.238 e. The predicted octanol–water partition coefficient (Wildman–Crippen LogP) is -0.336. The zero-order valence-corrected chi connectivity index (χ0v) is 15.6. The summed E-state index contributed by atoms with van der Waals surface area (Å²) in [4.78, 5) is 12.2. The first-order valence-electron chi connectivity index (χ1n) is 7.92. The Morgan fingerprint density at radius 2 is 1.72 bits per heavy atom. The summed E-state index contributed by atoms with van der Waals surface area (Å²) in [5.74, 6) is -0.253. The molecule has 2 rings (SSSR count). The van der Waals surface area contributed by atoms with Crippen molar-refractivity contribution in [1.29, 1.82) is 0 Å². The summed E-state index contributed by atoms with van der Waals surface area (Å²) in [7, 11) is -6.89. The summed E-state index contributed by atoms with van der Waals surface area (Å²) in [6, 6.07) is 6.20. The molecule has 140 valence electrons. The highest BCUT2D eigenvalue weighted by atomic mass is 32.2. The van der Waals surface area contributed by atoms with Crippen LogP contribution in [0.1, 0.15) is 18.4 Å². The number of rotatable bonds is 6. The Morgan fingerprint density at radius 1 is 1.16 bits per heavy atom. The van der Waals surface area contributed by atoms with Crippen molar-refractivity contribution in [3.63, 3.8) is 0 Å². The van der Waals surface area contributed by atoms with Crippen LogP contribution in [-0.2, 0) is 31.3 Å². The minimum absolute atomic E-state index is 0.0536. The number of carbonyl (C=O) groups excluding carboxylic acids is 1. The second-order valence-electron chi connectivity index (χ2n) is 6.17. The van der Waals surface area contributed by atoms with Gasteiger partial charge in [0.25, 0.3) is 0 Å². The fourth-order valence-corrected chi connectivity index (χ4v) is 4.16. The Bertz CT molecular complexity index is 811. The molecular formula is C15H23N3O5S2. The zero-order valence-electron chi connectivity index (χ0n) is 14.0. The second-order valence-corrected chi connectivity index (χ2v) is 9.71. The quantitative estimate of drug-likeness (QED) is 0.688. The molecule has 0 saturated carbocycles. The third kappa shape index (κ3) is 5.77. The summed E-state index contributed by atoms with van der Waals surface area (Å²) < 4.78 is 46.7. The standard InChI is InChI=1S/C15H23N3O5S2/c1-24(20,21)18-10-7-13(8-11-18)15(19)17-9-6-12-2-4-14(5-3-12)25(16,22)23/h2-5,13H,6-11H2,1H3,(H,17,19)(H2,16,22,23). The molecule has 1 fully saturated rings. The molecule has 10 heteroatoms. The molecule has 1 saturated heterocycles. The predicted molar refractivity (Wildman–Crippen MR) is 93.7 cm³/mol. The lowest BCUT2D eigenvalue weighted by Gasteiger charge is -2.29. The van der Waals surface area contributed by atoms with E-state index in [1.165, 1.54) is 22.7 Å². The third-order valence-corrected chi connectivity index (χ3v) is 6.49. The van der Waals surface area contributed by atoms with Crippen LogP contribution < -0.4 is 10.5 Å². The molecule has 1 amide bonds. The molecule has 0 aromatic heterocycles. The molecule has 8 nitrogen and oxygen atoms in total. The highest BCUT2D eigenvalue weighted by molar-refractivity contribution is 7.89. The topological polar surface area (TPSA) is 127 Å². The summed E-state index contributed by atoms with van der Waals surface area (Å²) in [6.45, 7) is 1.16. The Morgan fingerprint density at radius 3 is 2.20 bits per heavy atom. The average molecular weight is 389 g/mol. The van der Waals surface area contributed by atoms with Gasteiger partial charge in [0.2, 0.25) is 26.0 Å². The monoisotopic (exact) mass is 389 g/mol. The lowest BCUT2D eigenvalue weighted by molar-refractivity contribution is -0.126. The number of primary sulfonamides is 1. The Balaban J connectivity index is 1.78. The molecule has 0 radical (unpaired) electrons. The van der Waals surface area contributed by atoms with Gasteiger partial charge in [0, 0.05) is 25.6 Å². The fraction of sp³-hybridized carbons (Fsp3) is 0.533. The molecule has 1 aromatic carbocycles. The van der Waals surface area contributed by atoms with Crippen LogP contribution in [0, 0.1) is 5.92 Å². The number of hydrogen-bond donors (Lipinski definition) is 2. The Labute approximate surface area is 148 Å². The lowest BCUT2D eigenvalue weighted by Crippen LogP contribution is -2.42. The molecule has 25 heavy (non-hydrogen) atoms. The van der Waals surface area contributed by atoms with Crippen molar-refractivity contribution in [2.75, 3.05) is 25.9 Å². The van der Waals surface area contributed by atoms with E-state index in [-0.39, 0.29) is 16.7 Å². The first kappa shape index (κ1) is 19.8. The van der Waals surface area contributed by atoms with E-state index in [2.05, 4.69) is 5.32 Å². The van der Waals surface area contributed by atoms with Crippen molar-refractivity contribution < 1.29 is 21.6 Å². The van der Waals surface area contributed by atoms with Crippen LogP contribution in [0.3, 0.4) is 0 Å². The van der Waals surface area contributed by atoms with E-state index >= 15 is 0 Å². The molecule has 0 unspecified atom stereocenters. The van der Waals surface area contributed by atoms with Crippen molar-refractivity contribution in [2.45, 2.75) is 24.2 Å². The third-order valence-electron chi connectivity index (χ3n) is 4.26. The first-order valence-corrected chi connectivity index (χ1v) is 11.3. The van der Waals surface area contributed by atoms with Gasteiger partial charge in [-0.2, -0.15) is 0 Å². The number of piperidine rings is 1. The number of hydrogen-bond acceptors (Lipinski definition) is 5. The van der Waals surface area contributed by atoms with Crippen molar-refractivity contribution in [3.8, 4) is 0 Å². The number of nitrogens with one attached hydrogen (secondary N) is 1. The zero-order chi connectivity index (χ0) is 18.7. The van der Waals surface area contributed by atoms with Gasteiger partial charge in [0.05, 0.1) is 11.2 Å². The van der Waals surface area contributed by atoms with Crippen LogP contribution in [0.15, 0.2) is 29.2 Å². The van der Waals surface area contributed by atoms with E-state index in [9.17, 15) is 21.6 Å². The number of carbonyl (C=O) groups is 1. The summed E-state index contributed by atoms with van der Waals surface area (Å²) >= 11 is 0. The molecule has 1 heterocycles. The van der Waals surface area contributed by atoms with E-state index in [0.29, 0.717) is 38.9 Å². The van der Waals surface area contributed by atoms with Gasteiger partial charge in [-0.05, 0) is 37.0 Å². The van der Waals surface area contributed by atoms with E-state index in [1.807, 2.05) is 0 Å². The summed E-state index contributed by atoms with van der Waals surface area (Å²) in [5.41, 5.74) is 0.889. The van der Waals surface area contributed by atoms with Crippen LogP contribution in [0.4, 0.5) is 0 Å². The smallest absolute Gasteiger partial charge is 0.238 e. The van der Waals surface area contributed by atoms with Crippen LogP contribution in [0.5, 0.6) is 0 Å². The Kier molecular flexibility index (Phi) is 6.20. The molecule has 1 aliphatic rings. The van der Waals surface area contributed by atoms with E-state index < -0.39 is 20.0 Å². The average Bonchev–Trinajstić information content (AvgIpc) is 2.54. The lowest BCUT2D eigenvalue weighted by atomic mass is 9.97. The van der Waals surface area contributed by atoms with Gasteiger partial charge >= 0.3 is 0 Å².